The van der Waals surface area contributed by atoms with Crippen LogP contribution in [0.1, 0.15) is 109 Å². The van der Waals surface area contributed by atoms with E-state index in [1.165, 1.54) is 70.6 Å². The molecule has 0 aromatic heterocycles. The number of rotatable bonds is 22. The number of hydrogen-bond acceptors (Lipinski definition) is 4. The number of aliphatic hydroxyl groups is 1. The zero-order chi connectivity index (χ0) is 23.4. The zero-order valence-electron chi connectivity index (χ0n) is 20.6. The molecule has 0 bridgehead atoms. The first-order valence-electron chi connectivity index (χ1n) is 12.6. The molecule has 0 fully saturated rings. The van der Waals surface area contributed by atoms with E-state index in [0.29, 0.717) is 24.1 Å². The minimum atomic E-state index is -0.930. The number of carbonyl (C=O) groups is 2. The molecule has 1 atom stereocenters. The average molecular weight is 445 g/mol. The molecule has 0 rings (SSSR count). The Bertz CT molecular complexity index is 448. The van der Waals surface area contributed by atoms with Gasteiger partial charge in [0.2, 0.25) is 0 Å². The highest BCUT2D eigenvalue weighted by molar-refractivity contribution is 5.71. The Hall–Kier alpha value is -1.14. The number of nitrogens with zero attached hydrogens (tertiary/aromatic N) is 1. The van der Waals surface area contributed by atoms with Gasteiger partial charge in [-0.2, -0.15) is 0 Å². The fraction of sp³-hybridized carbons (Fsp3) is 0.920. The minimum Gasteiger partial charge on any atom is -0.481 e. The van der Waals surface area contributed by atoms with Crippen molar-refractivity contribution in [1.29, 1.82) is 0 Å². The van der Waals surface area contributed by atoms with Gasteiger partial charge in [-0.1, -0.05) is 83.5 Å². The number of esters is 1. The van der Waals surface area contributed by atoms with Gasteiger partial charge >= 0.3 is 11.9 Å². The number of carboxylic acid groups (broad SMARTS) is 1. The topological polar surface area (TPSA) is 83.8 Å². The molecule has 0 heterocycles. The predicted molar refractivity (Wildman–Crippen MR) is 126 cm³/mol. The van der Waals surface area contributed by atoms with E-state index >= 15 is 0 Å². The highest BCUT2D eigenvalue weighted by Gasteiger charge is 2.24. The fourth-order valence-electron chi connectivity index (χ4n) is 3.87. The summed E-state index contributed by atoms with van der Waals surface area (Å²) in [4.78, 5) is 23.0. The van der Waals surface area contributed by atoms with Gasteiger partial charge < -0.3 is 19.4 Å². The first-order chi connectivity index (χ1) is 14.7. The molecule has 31 heavy (non-hydrogen) atoms. The first kappa shape index (κ1) is 29.9. The van der Waals surface area contributed by atoms with Crippen molar-refractivity contribution in [3.8, 4) is 0 Å². The van der Waals surface area contributed by atoms with Gasteiger partial charge in [-0.3, -0.25) is 9.59 Å². The van der Waals surface area contributed by atoms with E-state index in [0.717, 1.165) is 25.7 Å². The van der Waals surface area contributed by atoms with E-state index in [2.05, 4.69) is 0 Å². The molecule has 0 aliphatic rings. The van der Waals surface area contributed by atoms with Crippen molar-refractivity contribution in [2.75, 3.05) is 34.3 Å². The van der Waals surface area contributed by atoms with Crippen LogP contribution in [0.3, 0.4) is 0 Å². The lowest BCUT2D eigenvalue weighted by Crippen LogP contribution is -2.43. The molecule has 2 N–H and O–H groups in total. The number of likely N-dealkylation sites (N-methyl/N-ethyl adjacent to an activating group) is 1. The molecule has 0 aromatic carbocycles. The molecule has 0 spiro atoms. The number of aliphatic carboxylic acids is 1. The van der Waals surface area contributed by atoms with Crippen LogP contribution in [-0.4, -0.2) is 67.0 Å². The van der Waals surface area contributed by atoms with Crippen molar-refractivity contribution >= 4 is 11.9 Å². The Labute approximate surface area is 190 Å². The van der Waals surface area contributed by atoms with Crippen LogP contribution >= 0.6 is 0 Å². The average Bonchev–Trinajstić information content (AvgIpc) is 2.65. The monoisotopic (exact) mass is 444 g/mol. The normalized spacial score (nSPS) is 12.6. The first-order valence-corrected chi connectivity index (χ1v) is 12.6. The smallest absolute Gasteiger partial charge is 0.307 e. The fourth-order valence-corrected chi connectivity index (χ4v) is 3.87. The second kappa shape index (κ2) is 19.5. The zero-order valence-corrected chi connectivity index (χ0v) is 20.6. The largest absolute Gasteiger partial charge is 0.481 e. The maximum absolute atomic E-state index is 12.0. The number of carboxylic acids is 1. The van der Waals surface area contributed by atoms with Crippen LogP contribution in [-0.2, 0) is 14.3 Å². The second-order valence-electron chi connectivity index (χ2n) is 9.96. The summed E-state index contributed by atoms with van der Waals surface area (Å²) in [7, 11) is 5.89. The summed E-state index contributed by atoms with van der Waals surface area (Å²) in [5.74, 6) is -1.20. The Kier molecular flexibility index (Phi) is 18.8. The summed E-state index contributed by atoms with van der Waals surface area (Å²) in [6.07, 6.45) is 17.9. The third kappa shape index (κ3) is 23.4. The third-order valence-corrected chi connectivity index (χ3v) is 5.49. The summed E-state index contributed by atoms with van der Waals surface area (Å²) < 4.78 is 5.98. The second-order valence-corrected chi connectivity index (χ2v) is 9.96. The van der Waals surface area contributed by atoms with Crippen molar-refractivity contribution in [3.63, 3.8) is 0 Å². The molecule has 0 aliphatic carbocycles. The third-order valence-electron chi connectivity index (χ3n) is 5.49. The van der Waals surface area contributed by atoms with Crippen molar-refractivity contribution in [1.82, 2.24) is 0 Å². The molecule has 0 amide bonds. The van der Waals surface area contributed by atoms with Crippen LogP contribution < -0.4 is 0 Å². The Balaban J connectivity index is 3.53. The molecular formula is C25H50NO5+. The van der Waals surface area contributed by atoms with Crippen LogP contribution in [0.15, 0.2) is 0 Å². The highest BCUT2D eigenvalue weighted by atomic mass is 16.5. The van der Waals surface area contributed by atoms with Gasteiger partial charge in [-0.05, 0) is 12.8 Å². The van der Waals surface area contributed by atoms with Crippen LogP contribution in [0.4, 0.5) is 0 Å². The molecule has 1 unspecified atom stereocenters. The van der Waals surface area contributed by atoms with E-state index in [1.54, 1.807) is 0 Å². The molecule has 0 aliphatic heterocycles. The van der Waals surface area contributed by atoms with Crippen LogP contribution in [0.25, 0.3) is 0 Å². The van der Waals surface area contributed by atoms with Crippen molar-refractivity contribution in [2.45, 2.75) is 115 Å². The predicted octanol–water partition coefficient (Wildman–Crippen LogP) is 5.31. The van der Waals surface area contributed by atoms with Gasteiger partial charge in [0.25, 0.3) is 0 Å². The molecule has 0 saturated carbocycles. The number of carbonyl (C=O) groups excluding carboxylic acids is 1. The number of aliphatic hydroxyl groups excluding tert-OH is 1. The number of quaternary nitrogens is 1. The SMILES string of the molecule is C[N+](C)(C)CC(CC(=O)O)OC(=O)CCCCCCCCCCCCCCCCCO. The Morgan fingerprint density at radius 1 is 0.710 bits per heavy atom. The standard InChI is InChI=1S/C25H49NO5/c1-26(2,3)22-23(21-24(28)29)31-25(30)19-17-15-13-11-9-7-5-4-6-8-10-12-14-16-18-20-27/h23,27H,4-22H2,1-3H3/p+1. The van der Waals surface area contributed by atoms with Gasteiger partial charge in [0, 0.05) is 13.0 Å². The summed E-state index contributed by atoms with van der Waals surface area (Å²) in [6.45, 7) is 0.835. The highest BCUT2D eigenvalue weighted by Crippen LogP contribution is 2.14. The summed E-state index contributed by atoms with van der Waals surface area (Å²) >= 11 is 0. The molecule has 184 valence electrons. The summed E-state index contributed by atoms with van der Waals surface area (Å²) in [5.41, 5.74) is 0. The van der Waals surface area contributed by atoms with Gasteiger partial charge in [0.05, 0.1) is 27.6 Å². The minimum absolute atomic E-state index is 0.133. The van der Waals surface area contributed by atoms with E-state index in [9.17, 15) is 9.59 Å². The lowest BCUT2D eigenvalue weighted by molar-refractivity contribution is -0.873. The molecule has 6 nitrogen and oxygen atoms in total. The maximum Gasteiger partial charge on any atom is 0.307 e. The van der Waals surface area contributed by atoms with Crippen molar-refractivity contribution < 1.29 is 29.0 Å². The van der Waals surface area contributed by atoms with Crippen LogP contribution in [0.2, 0.25) is 0 Å². The van der Waals surface area contributed by atoms with Crippen LogP contribution in [0.5, 0.6) is 0 Å². The molecule has 0 radical (unpaired) electrons. The van der Waals surface area contributed by atoms with Gasteiger partial charge in [0.1, 0.15) is 6.54 Å². The number of hydrogen-bond donors (Lipinski definition) is 2. The van der Waals surface area contributed by atoms with Gasteiger partial charge in [-0.25, -0.2) is 0 Å². The lowest BCUT2D eigenvalue weighted by atomic mass is 10.0. The number of ether oxygens (including phenoxy) is 1. The summed E-state index contributed by atoms with van der Waals surface area (Å²) in [6, 6.07) is 0. The van der Waals surface area contributed by atoms with E-state index in [4.69, 9.17) is 14.9 Å². The van der Waals surface area contributed by atoms with Crippen molar-refractivity contribution in [3.05, 3.63) is 0 Å². The molecule has 0 aromatic rings. The lowest BCUT2D eigenvalue weighted by Gasteiger charge is -2.28. The molecule has 6 heteroatoms. The molecule has 0 saturated heterocycles. The maximum atomic E-state index is 12.0. The Morgan fingerprint density at radius 2 is 1.10 bits per heavy atom. The van der Waals surface area contributed by atoms with E-state index in [1.807, 2.05) is 21.1 Å². The summed E-state index contributed by atoms with van der Waals surface area (Å²) in [5, 5.41) is 17.8. The number of unbranched alkanes of at least 4 members (excludes halogenated alkanes) is 14. The quantitative estimate of drug-likeness (QED) is 0.134. The van der Waals surface area contributed by atoms with E-state index in [-0.39, 0.29) is 12.4 Å². The Morgan fingerprint density at radius 3 is 1.45 bits per heavy atom. The van der Waals surface area contributed by atoms with Gasteiger partial charge in [0.15, 0.2) is 6.10 Å². The molecular weight excluding hydrogens is 394 g/mol. The van der Waals surface area contributed by atoms with Crippen molar-refractivity contribution in [2.24, 2.45) is 0 Å². The van der Waals surface area contributed by atoms with Gasteiger partial charge in [-0.15, -0.1) is 0 Å². The van der Waals surface area contributed by atoms with E-state index < -0.39 is 12.1 Å². The van der Waals surface area contributed by atoms with Crippen LogP contribution in [0, 0.1) is 0 Å².